The molecule has 0 spiro atoms. The first-order valence-corrected chi connectivity index (χ1v) is 7.99. The quantitative estimate of drug-likeness (QED) is 0.671. The molecule has 1 saturated heterocycles. The number of fused-ring (bicyclic) bond motifs is 2. The van der Waals surface area contributed by atoms with Gasteiger partial charge in [-0.25, -0.2) is 0 Å². The van der Waals surface area contributed by atoms with Gasteiger partial charge in [0, 0.05) is 6.54 Å². The minimum absolute atomic E-state index is 0.0875. The lowest BCUT2D eigenvalue weighted by Crippen LogP contribution is -2.29. The van der Waals surface area contributed by atoms with Gasteiger partial charge < -0.3 is 4.42 Å². The van der Waals surface area contributed by atoms with E-state index in [-0.39, 0.29) is 5.43 Å². The molecule has 22 heavy (non-hydrogen) atoms. The summed E-state index contributed by atoms with van der Waals surface area (Å²) in [7, 11) is 0. The fourth-order valence-corrected chi connectivity index (χ4v) is 3.41. The Morgan fingerprint density at radius 1 is 0.909 bits per heavy atom. The predicted molar refractivity (Wildman–Crippen MR) is 89.1 cm³/mol. The van der Waals surface area contributed by atoms with E-state index in [0.29, 0.717) is 16.6 Å². The summed E-state index contributed by atoms with van der Waals surface area (Å²) < 4.78 is 5.94. The van der Waals surface area contributed by atoms with Crippen molar-refractivity contribution in [2.24, 2.45) is 0 Å². The minimum atomic E-state index is 0.0875. The molecule has 2 aromatic carbocycles. The molecule has 112 valence electrons. The van der Waals surface area contributed by atoms with Gasteiger partial charge in [0.1, 0.15) is 11.2 Å². The van der Waals surface area contributed by atoms with Crippen LogP contribution in [0.2, 0.25) is 0 Å². The molecule has 0 N–H and O–H groups in total. The Morgan fingerprint density at radius 3 is 2.55 bits per heavy atom. The Labute approximate surface area is 129 Å². The van der Waals surface area contributed by atoms with E-state index in [0.717, 1.165) is 30.6 Å². The monoisotopic (exact) mass is 293 g/mol. The highest BCUT2D eigenvalue weighted by atomic mass is 16.3. The number of para-hydroxylation sites is 1. The average Bonchev–Trinajstić information content (AvgIpc) is 2.56. The standard InChI is InChI=1S/C19H19NO2/c21-19-15-8-2-3-9-16(15)22-17-10-6-7-14(18(17)19)13-20-11-4-1-5-12-20/h2-3,6-10H,1,4-5,11-13H2. The van der Waals surface area contributed by atoms with E-state index in [2.05, 4.69) is 11.0 Å². The van der Waals surface area contributed by atoms with E-state index < -0.39 is 0 Å². The average molecular weight is 293 g/mol. The van der Waals surface area contributed by atoms with Crippen LogP contribution in [0, 0.1) is 0 Å². The van der Waals surface area contributed by atoms with Gasteiger partial charge in [-0.15, -0.1) is 0 Å². The topological polar surface area (TPSA) is 33.5 Å². The Hall–Kier alpha value is -2.13. The van der Waals surface area contributed by atoms with Gasteiger partial charge in [0.2, 0.25) is 5.43 Å². The van der Waals surface area contributed by atoms with Crippen LogP contribution in [-0.2, 0) is 6.54 Å². The molecule has 3 aromatic rings. The highest BCUT2D eigenvalue weighted by molar-refractivity contribution is 5.91. The summed E-state index contributed by atoms with van der Waals surface area (Å²) in [6.45, 7) is 3.07. The van der Waals surface area contributed by atoms with Crippen molar-refractivity contribution < 1.29 is 4.42 Å². The lowest BCUT2D eigenvalue weighted by molar-refractivity contribution is 0.221. The van der Waals surface area contributed by atoms with Crippen LogP contribution in [0.1, 0.15) is 24.8 Å². The molecule has 4 rings (SSSR count). The van der Waals surface area contributed by atoms with E-state index in [1.165, 1.54) is 19.3 Å². The second-order valence-corrected chi connectivity index (χ2v) is 6.05. The van der Waals surface area contributed by atoms with Gasteiger partial charge >= 0.3 is 0 Å². The maximum absolute atomic E-state index is 12.9. The van der Waals surface area contributed by atoms with Crippen molar-refractivity contribution in [3.05, 3.63) is 58.3 Å². The van der Waals surface area contributed by atoms with Crippen molar-refractivity contribution in [2.75, 3.05) is 13.1 Å². The molecule has 1 aliphatic heterocycles. The van der Waals surface area contributed by atoms with Gasteiger partial charge in [-0.05, 0) is 49.7 Å². The molecule has 1 aliphatic rings. The largest absolute Gasteiger partial charge is 0.456 e. The SMILES string of the molecule is O=c1c2ccccc2oc2cccc(CN3CCCCC3)c12. The van der Waals surface area contributed by atoms with E-state index in [1.54, 1.807) is 0 Å². The fraction of sp³-hybridized carbons (Fsp3) is 0.316. The van der Waals surface area contributed by atoms with Crippen molar-refractivity contribution in [1.82, 2.24) is 4.90 Å². The van der Waals surface area contributed by atoms with Crippen molar-refractivity contribution in [3.63, 3.8) is 0 Å². The number of hydrogen-bond acceptors (Lipinski definition) is 3. The smallest absolute Gasteiger partial charge is 0.200 e. The zero-order valence-corrected chi connectivity index (χ0v) is 12.5. The molecule has 0 amide bonds. The summed E-state index contributed by atoms with van der Waals surface area (Å²) in [6, 6.07) is 13.4. The number of rotatable bonds is 2. The zero-order valence-electron chi connectivity index (χ0n) is 12.5. The van der Waals surface area contributed by atoms with Gasteiger partial charge in [-0.3, -0.25) is 9.69 Å². The highest BCUT2D eigenvalue weighted by Crippen LogP contribution is 2.23. The number of piperidine rings is 1. The molecule has 3 nitrogen and oxygen atoms in total. The Morgan fingerprint density at radius 2 is 1.68 bits per heavy atom. The predicted octanol–water partition coefficient (Wildman–Crippen LogP) is 3.93. The second kappa shape index (κ2) is 5.58. The maximum Gasteiger partial charge on any atom is 0.200 e. The Balaban J connectivity index is 1.87. The number of nitrogens with zero attached hydrogens (tertiary/aromatic N) is 1. The van der Waals surface area contributed by atoms with Gasteiger partial charge in [0.15, 0.2) is 0 Å². The molecule has 3 heteroatoms. The third-order valence-electron chi connectivity index (χ3n) is 4.53. The van der Waals surface area contributed by atoms with Gasteiger partial charge in [0.25, 0.3) is 0 Å². The third kappa shape index (κ3) is 2.32. The van der Waals surface area contributed by atoms with Gasteiger partial charge in [-0.1, -0.05) is 30.7 Å². The van der Waals surface area contributed by atoms with E-state index in [1.807, 2.05) is 36.4 Å². The molecule has 0 aliphatic carbocycles. The molecule has 0 radical (unpaired) electrons. The molecule has 1 aromatic heterocycles. The summed E-state index contributed by atoms with van der Waals surface area (Å²) in [5, 5.41) is 1.41. The first-order valence-electron chi connectivity index (χ1n) is 7.99. The maximum atomic E-state index is 12.9. The zero-order chi connectivity index (χ0) is 14.9. The molecule has 0 bridgehead atoms. The molecule has 0 atom stereocenters. The first kappa shape index (κ1) is 13.5. The van der Waals surface area contributed by atoms with Crippen LogP contribution in [0.25, 0.3) is 21.9 Å². The van der Waals surface area contributed by atoms with Crippen molar-refractivity contribution >= 4 is 21.9 Å². The van der Waals surface area contributed by atoms with Crippen LogP contribution in [0.4, 0.5) is 0 Å². The Bertz CT molecular complexity index is 875. The van der Waals surface area contributed by atoms with E-state index >= 15 is 0 Å². The highest BCUT2D eigenvalue weighted by Gasteiger charge is 2.15. The summed E-state index contributed by atoms with van der Waals surface area (Å²) in [5.74, 6) is 0. The van der Waals surface area contributed by atoms with E-state index in [4.69, 9.17) is 4.42 Å². The summed E-state index contributed by atoms with van der Waals surface area (Å²) >= 11 is 0. The number of likely N-dealkylation sites (tertiary alicyclic amines) is 1. The van der Waals surface area contributed by atoms with Crippen molar-refractivity contribution in [3.8, 4) is 0 Å². The molecular weight excluding hydrogens is 274 g/mol. The first-order chi connectivity index (χ1) is 10.8. The fourth-order valence-electron chi connectivity index (χ4n) is 3.41. The number of benzene rings is 2. The van der Waals surface area contributed by atoms with Crippen LogP contribution < -0.4 is 5.43 Å². The van der Waals surface area contributed by atoms with Gasteiger partial charge in [-0.2, -0.15) is 0 Å². The van der Waals surface area contributed by atoms with Crippen LogP contribution >= 0.6 is 0 Å². The number of hydrogen-bond donors (Lipinski definition) is 0. The summed E-state index contributed by atoms with van der Waals surface area (Å²) in [6.07, 6.45) is 3.82. The normalized spacial score (nSPS) is 16.4. The molecular formula is C19H19NO2. The van der Waals surface area contributed by atoms with Crippen LogP contribution in [-0.4, -0.2) is 18.0 Å². The van der Waals surface area contributed by atoms with Crippen molar-refractivity contribution in [2.45, 2.75) is 25.8 Å². The third-order valence-corrected chi connectivity index (χ3v) is 4.53. The second-order valence-electron chi connectivity index (χ2n) is 6.05. The van der Waals surface area contributed by atoms with Gasteiger partial charge in [0.05, 0.1) is 10.8 Å². The molecule has 2 heterocycles. The lowest BCUT2D eigenvalue weighted by atomic mass is 10.0. The van der Waals surface area contributed by atoms with E-state index in [9.17, 15) is 4.79 Å². The molecule has 0 unspecified atom stereocenters. The van der Waals surface area contributed by atoms with Crippen LogP contribution in [0.15, 0.2) is 51.7 Å². The lowest BCUT2D eigenvalue weighted by Gasteiger charge is -2.26. The van der Waals surface area contributed by atoms with Crippen LogP contribution in [0.5, 0.6) is 0 Å². The summed E-state index contributed by atoms with van der Waals surface area (Å²) in [5.41, 5.74) is 2.52. The molecule has 1 fully saturated rings. The Kier molecular flexibility index (Phi) is 3.43. The minimum Gasteiger partial charge on any atom is -0.456 e. The molecule has 0 saturated carbocycles. The summed E-state index contributed by atoms with van der Waals surface area (Å²) in [4.78, 5) is 15.3. The van der Waals surface area contributed by atoms with Crippen LogP contribution in [0.3, 0.4) is 0 Å². The van der Waals surface area contributed by atoms with Crippen molar-refractivity contribution in [1.29, 1.82) is 0 Å².